The number of hydrogen-bond donors (Lipinski definition) is 0. The van der Waals surface area contributed by atoms with E-state index in [2.05, 4.69) is 121 Å². The first kappa shape index (κ1) is 21.0. The molecule has 0 saturated heterocycles. The Balaban J connectivity index is 1.42. The van der Waals surface area contributed by atoms with Crippen LogP contribution in [-0.2, 0) is 6.42 Å². The van der Waals surface area contributed by atoms with Crippen LogP contribution < -0.4 is 9.13 Å². The molecule has 31 heavy (non-hydrogen) atoms. The molecule has 0 aliphatic carbocycles. The Morgan fingerprint density at radius 2 is 1.03 bits per heavy atom. The fraction of sp³-hybridized carbons (Fsp3) is 0.241. The summed E-state index contributed by atoms with van der Waals surface area (Å²) in [5.41, 5.74) is 7.53. The summed E-state index contributed by atoms with van der Waals surface area (Å²) < 4.78 is 4.33. The van der Waals surface area contributed by atoms with Gasteiger partial charge >= 0.3 is 0 Å². The van der Waals surface area contributed by atoms with Crippen molar-refractivity contribution < 1.29 is 9.13 Å². The highest BCUT2D eigenvalue weighted by Crippen LogP contribution is 2.17. The summed E-state index contributed by atoms with van der Waals surface area (Å²) in [5, 5.41) is 0. The molecule has 2 nitrogen and oxygen atoms in total. The summed E-state index contributed by atoms with van der Waals surface area (Å²) in [6.45, 7) is 4.37. The van der Waals surface area contributed by atoms with Gasteiger partial charge in [-0.15, -0.1) is 0 Å². The summed E-state index contributed by atoms with van der Waals surface area (Å²) in [5.74, 6) is 0. The lowest BCUT2D eigenvalue weighted by molar-refractivity contribution is -0.596. The van der Waals surface area contributed by atoms with E-state index in [0.717, 1.165) is 0 Å². The molecule has 0 radical (unpaired) electrons. The van der Waals surface area contributed by atoms with Crippen molar-refractivity contribution in [2.75, 3.05) is 0 Å². The van der Waals surface area contributed by atoms with Gasteiger partial charge in [0.25, 0.3) is 0 Å². The Morgan fingerprint density at radius 1 is 0.548 bits per heavy atom. The minimum Gasteiger partial charge on any atom is -0.167 e. The lowest BCUT2D eigenvalue weighted by atomic mass is 10.1. The van der Waals surface area contributed by atoms with E-state index in [-0.39, 0.29) is 0 Å². The highest BCUT2D eigenvalue weighted by atomic mass is 14.9. The predicted molar refractivity (Wildman–Crippen MR) is 128 cm³/mol. The van der Waals surface area contributed by atoms with Crippen LogP contribution in [0.3, 0.4) is 0 Å². The minimum absolute atomic E-state index is 1.18. The summed E-state index contributed by atoms with van der Waals surface area (Å²) in [6.07, 6.45) is 15.0. The van der Waals surface area contributed by atoms with Crippen LogP contribution in [0, 0.1) is 6.92 Å². The van der Waals surface area contributed by atoms with Gasteiger partial charge in [-0.3, -0.25) is 0 Å². The molecular formula is C29H32N2+2. The van der Waals surface area contributed by atoms with Crippen LogP contribution in [0.5, 0.6) is 0 Å². The molecule has 0 atom stereocenters. The van der Waals surface area contributed by atoms with Crippen molar-refractivity contribution in [3.8, 4) is 22.5 Å². The van der Waals surface area contributed by atoms with E-state index in [1.54, 1.807) is 0 Å². The highest BCUT2D eigenvalue weighted by Gasteiger charge is 2.09. The highest BCUT2D eigenvalue weighted by molar-refractivity contribution is 5.61. The van der Waals surface area contributed by atoms with Crippen molar-refractivity contribution in [1.82, 2.24) is 0 Å². The lowest BCUT2D eigenvalue weighted by Crippen LogP contribution is -2.29. The van der Waals surface area contributed by atoms with Crippen molar-refractivity contribution in [3.05, 3.63) is 109 Å². The van der Waals surface area contributed by atoms with Crippen molar-refractivity contribution in [1.29, 1.82) is 0 Å². The third-order valence-corrected chi connectivity index (χ3v) is 5.88. The van der Waals surface area contributed by atoms with Gasteiger partial charge in [0.15, 0.2) is 24.8 Å². The average molecular weight is 409 g/mol. The maximum absolute atomic E-state index is 2.27. The Labute approximate surface area is 186 Å². The van der Waals surface area contributed by atoms with E-state index in [9.17, 15) is 0 Å². The maximum Gasteiger partial charge on any atom is 0.210 e. The number of hydrogen-bond acceptors (Lipinski definition) is 0. The molecule has 156 valence electrons. The van der Waals surface area contributed by atoms with E-state index >= 15 is 0 Å². The number of pyridine rings is 2. The minimum atomic E-state index is 1.18. The predicted octanol–water partition coefficient (Wildman–Crippen LogP) is 6.34. The Morgan fingerprint density at radius 3 is 1.52 bits per heavy atom. The normalized spacial score (nSPS) is 10.9. The van der Waals surface area contributed by atoms with Crippen LogP contribution in [0.2, 0.25) is 0 Å². The topological polar surface area (TPSA) is 7.76 Å². The monoisotopic (exact) mass is 408 g/mol. The fourth-order valence-electron chi connectivity index (χ4n) is 3.89. The summed E-state index contributed by atoms with van der Waals surface area (Å²) in [4.78, 5) is 0. The van der Waals surface area contributed by atoms with Crippen molar-refractivity contribution in [2.45, 2.75) is 46.0 Å². The van der Waals surface area contributed by atoms with Crippen LogP contribution in [0.15, 0.2) is 97.6 Å². The van der Waals surface area contributed by atoms with E-state index in [4.69, 9.17) is 0 Å². The zero-order valence-electron chi connectivity index (χ0n) is 18.7. The second-order valence-electron chi connectivity index (χ2n) is 8.30. The summed E-state index contributed by atoms with van der Waals surface area (Å²) >= 11 is 0. The van der Waals surface area contributed by atoms with Gasteiger partial charge in [-0.1, -0.05) is 56.0 Å². The number of aromatic nitrogens is 2. The molecular weight excluding hydrogens is 376 g/mol. The van der Waals surface area contributed by atoms with Crippen molar-refractivity contribution in [2.24, 2.45) is 0 Å². The Hall–Kier alpha value is -3.26. The number of benzene rings is 2. The molecule has 0 bridgehead atoms. The molecule has 4 rings (SSSR count). The van der Waals surface area contributed by atoms with Gasteiger partial charge in [0, 0.05) is 48.5 Å². The lowest BCUT2D eigenvalue weighted by Gasteiger charge is -2.03. The second kappa shape index (κ2) is 10.2. The number of nitrogens with zero attached hydrogens (tertiary/aromatic N) is 2. The van der Waals surface area contributed by atoms with Gasteiger partial charge in [0.1, 0.15) is 0 Å². The fourth-order valence-corrected chi connectivity index (χ4v) is 3.89. The molecule has 0 N–H and O–H groups in total. The SMILES string of the molecule is CCCCCCc1ccc(-[n+]2ccc(-c3cc[n+](-c4ccc(C)cc4)cc3)cc2)cc1. The van der Waals surface area contributed by atoms with Crippen molar-refractivity contribution in [3.63, 3.8) is 0 Å². The molecule has 2 aromatic carbocycles. The number of unbranched alkanes of at least 4 members (excludes halogenated alkanes) is 3. The van der Waals surface area contributed by atoms with Gasteiger partial charge in [0.05, 0.1) is 0 Å². The molecule has 0 saturated carbocycles. The average Bonchev–Trinajstić information content (AvgIpc) is 2.83. The van der Waals surface area contributed by atoms with Crippen LogP contribution >= 0.6 is 0 Å². The molecule has 0 unspecified atom stereocenters. The third kappa shape index (κ3) is 5.46. The zero-order valence-corrected chi connectivity index (χ0v) is 18.7. The first-order valence-corrected chi connectivity index (χ1v) is 11.4. The van der Waals surface area contributed by atoms with Gasteiger partial charge < -0.3 is 0 Å². The second-order valence-corrected chi connectivity index (χ2v) is 8.30. The quantitative estimate of drug-likeness (QED) is 0.237. The molecule has 0 amide bonds. The summed E-state index contributed by atoms with van der Waals surface area (Å²) in [7, 11) is 0. The van der Waals surface area contributed by atoms with Crippen LogP contribution in [0.1, 0.15) is 43.7 Å². The third-order valence-electron chi connectivity index (χ3n) is 5.88. The van der Waals surface area contributed by atoms with Gasteiger partial charge in [0.2, 0.25) is 11.4 Å². The molecule has 2 aromatic heterocycles. The van der Waals surface area contributed by atoms with E-state index in [0.29, 0.717) is 0 Å². The zero-order chi connectivity index (χ0) is 21.5. The van der Waals surface area contributed by atoms with Gasteiger partial charge in [-0.05, 0) is 36.5 Å². The number of rotatable bonds is 8. The molecule has 0 aliphatic heterocycles. The van der Waals surface area contributed by atoms with E-state index in [1.807, 2.05) is 0 Å². The smallest absolute Gasteiger partial charge is 0.167 e. The van der Waals surface area contributed by atoms with Crippen molar-refractivity contribution >= 4 is 0 Å². The van der Waals surface area contributed by atoms with E-state index in [1.165, 1.54) is 65.7 Å². The molecule has 2 heterocycles. The summed E-state index contributed by atoms with van der Waals surface area (Å²) in [6, 6.07) is 26.3. The molecule has 4 aromatic rings. The van der Waals surface area contributed by atoms with Gasteiger partial charge in [-0.2, -0.15) is 9.13 Å². The van der Waals surface area contributed by atoms with Crippen LogP contribution in [0.4, 0.5) is 0 Å². The molecule has 0 aliphatic rings. The first-order valence-electron chi connectivity index (χ1n) is 11.4. The molecule has 0 fully saturated rings. The van der Waals surface area contributed by atoms with E-state index < -0.39 is 0 Å². The molecule has 2 heteroatoms. The largest absolute Gasteiger partial charge is 0.210 e. The maximum atomic E-state index is 2.27. The first-order chi connectivity index (χ1) is 15.2. The van der Waals surface area contributed by atoms with Crippen LogP contribution in [0.25, 0.3) is 22.5 Å². The standard InChI is InChI=1S/C29H32N2/c1-3-4-5-6-7-25-10-14-29(15-11-25)31-22-18-27(19-23-31)26-16-20-30(21-17-26)28-12-8-24(2)9-13-28/h8-23H,3-7H2,1-2H3/q+2. The Bertz CT molecular complexity index is 1080. The van der Waals surface area contributed by atoms with Crippen LogP contribution in [-0.4, -0.2) is 0 Å². The molecule has 0 spiro atoms. The number of aryl methyl sites for hydroxylation is 2. The Kier molecular flexibility index (Phi) is 6.89. The van der Waals surface area contributed by atoms with Gasteiger partial charge in [-0.25, -0.2) is 0 Å².